The topological polar surface area (TPSA) is 75.3 Å². The second-order valence-corrected chi connectivity index (χ2v) is 4.14. The Morgan fingerprint density at radius 2 is 1.90 bits per heavy atom. The number of rotatable bonds is 4. The molecule has 0 aliphatic rings. The van der Waals surface area contributed by atoms with Gasteiger partial charge in [0.05, 0.1) is 6.54 Å². The summed E-state index contributed by atoms with van der Waals surface area (Å²) in [5.74, 6) is 1.44. The number of aliphatic imine (C=N–C) groups is 1. The molecule has 114 valence electrons. The Labute approximate surface area is 139 Å². The van der Waals surface area contributed by atoms with Crippen LogP contribution in [0, 0.1) is 12.7 Å². The second kappa shape index (κ2) is 8.55. The number of nitrogens with one attached hydrogen (secondary N) is 2. The van der Waals surface area contributed by atoms with E-state index in [9.17, 15) is 4.39 Å². The summed E-state index contributed by atoms with van der Waals surface area (Å²) in [5.41, 5.74) is 0.961. The zero-order chi connectivity index (χ0) is 14.4. The zero-order valence-corrected chi connectivity index (χ0v) is 14.1. The Bertz CT molecular complexity index is 585. The molecule has 0 unspecified atom stereocenters. The summed E-state index contributed by atoms with van der Waals surface area (Å²) in [4.78, 5) is 8.15. The quantitative estimate of drug-likeness (QED) is 0.463. The van der Waals surface area contributed by atoms with Crippen molar-refractivity contribution in [3.05, 3.63) is 47.4 Å². The van der Waals surface area contributed by atoms with Gasteiger partial charge in [0.15, 0.2) is 11.8 Å². The van der Waals surface area contributed by atoms with Crippen LogP contribution < -0.4 is 10.6 Å². The minimum Gasteiger partial charge on any atom is -0.352 e. The minimum absolute atomic E-state index is 0. The average molecular weight is 405 g/mol. The lowest BCUT2D eigenvalue weighted by molar-refractivity contribution is 0.371. The van der Waals surface area contributed by atoms with Crippen LogP contribution in [0.2, 0.25) is 0 Å². The van der Waals surface area contributed by atoms with E-state index >= 15 is 0 Å². The van der Waals surface area contributed by atoms with Crippen LogP contribution >= 0.6 is 24.0 Å². The second-order valence-electron chi connectivity index (χ2n) is 4.14. The van der Waals surface area contributed by atoms with Crippen LogP contribution in [0.3, 0.4) is 0 Å². The van der Waals surface area contributed by atoms with Gasteiger partial charge in [-0.05, 0) is 24.6 Å². The number of aryl methyl sites for hydroxylation is 1. The molecule has 0 saturated carbocycles. The molecule has 6 nitrogen and oxygen atoms in total. The first-order chi connectivity index (χ1) is 9.67. The summed E-state index contributed by atoms with van der Waals surface area (Å²) in [6.07, 6.45) is 0. The molecule has 1 aromatic heterocycles. The number of hydrogen-bond donors (Lipinski definition) is 2. The predicted octanol–water partition coefficient (Wildman–Crippen LogP) is 2.00. The van der Waals surface area contributed by atoms with Gasteiger partial charge in [0.25, 0.3) is 0 Å². The molecule has 0 radical (unpaired) electrons. The molecule has 0 saturated heterocycles. The Morgan fingerprint density at radius 1 is 1.24 bits per heavy atom. The van der Waals surface area contributed by atoms with Gasteiger partial charge in [0.2, 0.25) is 5.89 Å². The third-order valence-electron chi connectivity index (χ3n) is 2.57. The van der Waals surface area contributed by atoms with Gasteiger partial charge in [-0.3, -0.25) is 4.99 Å². The van der Waals surface area contributed by atoms with Crippen LogP contribution in [0.5, 0.6) is 0 Å². The van der Waals surface area contributed by atoms with E-state index in [4.69, 9.17) is 4.52 Å². The van der Waals surface area contributed by atoms with E-state index in [1.165, 1.54) is 12.1 Å². The minimum atomic E-state index is -0.247. The normalized spacial score (nSPS) is 10.9. The highest BCUT2D eigenvalue weighted by Crippen LogP contribution is 2.02. The first kappa shape index (κ1) is 17.3. The Morgan fingerprint density at radius 3 is 2.48 bits per heavy atom. The fourth-order valence-corrected chi connectivity index (χ4v) is 1.58. The molecule has 2 aromatic rings. The molecular formula is C13H17FIN5O. The molecular weight excluding hydrogens is 388 g/mol. The van der Waals surface area contributed by atoms with Gasteiger partial charge in [0, 0.05) is 13.6 Å². The van der Waals surface area contributed by atoms with Crippen LogP contribution in [0.25, 0.3) is 0 Å². The molecule has 0 spiro atoms. The van der Waals surface area contributed by atoms with E-state index in [2.05, 4.69) is 25.8 Å². The third kappa shape index (κ3) is 5.66. The first-order valence-corrected chi connectivity index (χ1v) is 6.15. The molecule has 21 heavy (non-hydrogen) atoms. The van der Waals surface area contributed by atoms with Crippen LogP contribution in [0.1, 0.15) is 17.3 Å². The molecule has 0 fully saturated rings. The Balaban J connectivity index is 0.00000220. The largest absolute Gasteiger partial charge is 0.352 e. The lowest BCUT2D eigenvalue weighted by Crippen LogP contribution is -2.36. The van der Waals surface area contributed by atoms with Crippen molar-refractivity contribution in [2.75, 3.05) is 7.05 Å². The summed E-state index contributed by atoms with van der Waals surface area (Å²) in [6.45, 7) is 2.70. The van der Waals surface area contributed by atoms with Gasteiger partial charge in [0.1, 0.15) is 5.82 Å². The maximum Gasteiger partial charge on any atom is 0.246 e. The molecule has 2 N–H and O–H groups in total. The van der Waals surface area contributed by atoms with Crippen LogP contribution in [0.15, 0.2) is 33.8 Å². The zero-order valence-electron chi connectivity index (χ0n) is 11.8. The lowest BCUT2D eigenvalue weighted by Gasteiger charge is -2.10. The molecule has 2 rings (SSSR count). The summed E-state index contributed by atoms with van der Waals surface area (Å²) in [7, 11) is 1.67. The number of halogens is 2. The van der Waals surface area contributed by atoms with Gasteiger partial charge in [-0.2, -0.15) is 4.98 Å². The average Bonchev–Trinajstić information content (AvgIpc) is 2.87. The fraction of sp³-hybridized carbons (Fsp3) is 0.308. The van der Waals surface area contributed by atoms with Gasteiger partial charge < -0.3 is 15.2 Å². The summed E-state index contributed by atoms with van der Waals surface area (Å²) in [5, 5.41) is 9.86. The summed E-state index contributed by atoms with van der Waals surface area (Å²) < 4.78 is 17.8. The molecule has 0 aliphatic heterocycles. The summed E-state index contributed by atoms with van der Waals surface area (Å²) in [6, 6.07) is 6.29. The van der Waals surface area contributed by atoms with Crippen molar-refractivity contribution >= 4 is 29.9 Å². The van der Waals surface area contributed by atoms with Crippen molar-refractivity contribution in [2.45, 2.75) is 20.0 Å². The van der Waals surface area contributed by atoms with E-state index in [1.807, 2.05) is 0 Å². The molecule has 1 heterocycles. The molecule has 1 aromatic carbocycles. The highest BCUT2D eigenvalue weighted by molar-refractivity contribution is 14.0. The Hall–Kier alpha value is -1.71. The maximum atomic E-state index is 12.8. The number of benzene rings is 1. The van der Waals surface area contributed by atoms with E-state index < -0.39 is 0 Å². The van der Waals surface area contributed by atoms with Gasteiger partial charge in [-0.25, -0.2) is 4.39 Å². The van der Waals surface area contributed by atoms with Gasteiger partial charge >= 0.3 is 0 Å². The van der Waals surface area contributed by atoms with E-state index in [1.54, 1.807) is 26.1 Å². The van der Waals surface area contributed by atoms with Gasteiger partial charge in [-0.1, -0.05) is 17.3 Å². The highest BCUT2D eigenvalue weighted by atomic mass is 127. The van der Waals surface area contributed by atoms with Crippen LogP contribution in [-0.4, -0.2) is 23.1 Å². The van der Waals surface area contributed by atoms with Crippen LogP contribution in [0.4, 0.5) is 4.39 Å². The van der Waals surface area contributed by atoms with E-state index in [0.29, 0.717) is 30.8 Å². The smallest absolute Gasteiger partial charge is 0.246 e. The molecule has 8 heteroatoms. The SMILES string of the molecule is CN=C(NCc1ccc(F)cc1)NCc1nc(C)no1.I. The van der Waals surface area contributed by atoms with Crippen molar-refractivity contribution in [1.82, 2.24) is 20.8 Å². The monoisotopic (exact) mass is 405 g/mol. The van der Waals surface area contributed by atoms with E-state index in [-0.39, 0.29) is 29.8 Å². The molecule has 0 atom stereocenters. The number of nitrogens with zero attached hydrogens (tertiary/aromatic N) is 3. The third-order valence-corrected chi connectivity index (χ3v) is 2.57. The number of guanidine groups is 1. The molecule has 0 aliphatic carbocycles. The van der Waals surface area contributed by atoms with Crippen molar-refractivity contribution in [1.29, 1.82) is 0 Å². The van der Waals surface area contributed by atoms with Crippen molar-refractivity contribution in [2.24, 2.45) is 4.99 Å². The maximum absolute atomic E-state index is 12.8. The highest BCUT2D eigenvalue weighted by Gasteiger charge is 2.04. The van der Waals surface area contributed by atoms with Crippen molar-refractivity contribution in [3.63, 3.8) is 0 Å². The Kier molecular flexibility index (Phi) is 7.06. The number of hydrogen-bond acceptors (Lipinski definition) is 4. The van der Waals surface area contributed by atoms with Crippen LogP contribution in [-0.2, 0) is 13.1 Å². The number of aromatic nitrogens is 2. The standard InChI is InChI=1S/C13H16FN5O.HI/c1-9-18-12(20-19-9)8-17-13(15-2)16-7-10-3-5-11(14)6-4-10;/h3-6H,7-8H2,1-2H3,(H2,15,16,17);1H. The predicted molar refractivity (Wildman–Crippen MR) is 87.9 cm³/mol. The van der Waals surface area contributed by atoms with Crippen molar-refractivity contribution < 1.29 is 8.91 Å². The van der Waals surface area contributed by atoms with E-state index in [0.717, 1.165) is 5.56 Å². The first-order valence-electron chi connectivity index (χ1n) is 6.15. The summed E-state index contributed by atoms with van der Waals surface area (Å²) >= 11 is 0. The lowest BCUT2D eigenvalue weighted by atomic mass is 10.2. The fourth-order valence-electron chi connectivity index (χ4n) is 1.58. The van der Waals surface area contributed by atoms with Gasteiger partial charge in [-0.15, -0.1) is 24.0 Å². The molecule has 0 bridgehead atoms. The van der Waals surface area contributed by atoms with Crippen molar-refractivity contribution in [3.8, 4) is 0 Å². The molecule has 0 amide bonds.